The minimum absolute atomic E-state index is 0.771. The Morgan fingerprint density at radius 1 is 1.14 bits per heavy atom. The van der Waals surface area contributed by atoms with Crippen molar-refractivity contribution < 1.29 is 0 Å². The zero-order chi connectivity index (χ0) is 10.6. The van der Waals surface area contributed by atoms with E-state index in [-0.39, 0.29) is 0 Å². The number of thioether (sulfide) groups is 1. The SMILES string of the molecule is Clc1ccc(SC(I)=C=C(I)I)cc1. The summed E-state index contributed by atoms with van der Waals surface area (Å²) >= 11 is 14.2. The lowest BCUT2D eigenvalue weighted by Crippen LogP contribution is -1.68. The molecule has 0 aliphatic rings. The minimum Gasteiger partial charge on any atom is -0.0843 e. The van der Waals surface area contributed by atoms with E-state index in [1.807, 2.05) is 24.3 Å². The monoisotopic (exact) mass is 560 g/mol. The normalized spacial score (nSPS) is 9.43. The Kier molecular flexibility index (Phi) is 6.82. The molecule has 0 N–H and O–H groups in total. The first-order valence-electron chi connectivity index (χ1n) is 3.49. The molecule has 1 aromatic carbocycles. The summed E-state index contributed by atoms with van der Waals surface area (Å²) in [5, 5.41) is 0.771. The maximum absolute atomic E-state index is 5.79. The fraction of sp³-hybridized carbons (Fsp3) is 0. The fourth-order valence-electron chi connectivity index (χ4n) is 0.706. The Labute approximate surface area is 133 Å². The van der Waals surface area contributed by atoms with E-state index in [1.54, 1.807) is 11.8 Å². The maximum Gasteiger partial charge on any atom is 0.0946 e. The largest absolute Gasteiger partial charge is 0.0946 e. The van der Waals surface area contributed by atoms with Crippen molar-refractivity contribution in [3.8, 4) is 0 Å². The van der Waals surface area contributed by atoms with E-state index in [0.717, 1.165) is 9.52 Å². The van der Waals surface area contributed by atoms with Gasteiger partial charge in [-0.15, -0.1) is 0 Å². The summed E-state index contributed by atoms with van der Waals surface area (Å²) < 4.78 is 2.26. The molecule has 1 rings (SSSR count). The van der Waals surface area contributed by atoms with Gasteiger partial charge in [-0.25, -0.2) is 0 Å². The average molecular weight is 560 g/mol. The smallest absolute Gasteiger partial charge is 0.0843 e. The zero-order valence-electron chi connectivity index (χ0n) is 6.73. The van der Waals surface area contributed by atoms with E-state index >= 15 is 0 Å². The van der Waals surface area contributed by atoms with Crippen molar-refractivity contribution in [3.63, 3.8) is 0 Å². The molecule has 0 atom stereocenters. The van der Waals surface area contributed by atoms with E-state index in [1.165, 1.54) is 4.90 Å². The second-order valence-electron chi connectivity index (χ2n) is 2.22. The van der Waals surface area contributed by atoms with Gasteiger partial charge in [0.15, 0.2) is 0 Å². The molecular formula is C9H4ClI3S. The molecule has 0 aromatic heterocycles. The van der Waals surface area contributed by atoms with Crippen LogP contribution in [0.4, 0.5) is 0 Å². The van der Waals surface area contributed by atoms with Crippen LogP contribution in [0.1, 0.15) is 0 Å². The van der Waals surface area contributed by atoms with Crippen LogP contribution in [0.5, 0.6) is 0 Å². The van der Waals surface area contributed by atoms with Crippen LogP contribution in [0.25, 0.3) is 0 Å². The zero-order valence-corrected chi connectivity index (χ0v) is 14.8. The van der Waals surface area contributed by atoms with Gasteiger partial charge in [-0.1, -0.05) is 29.1 Å². The van der Waals surface area contributed by atoms with Crippen molar-refractivity contribution in [2.45, 2.75) is 4.90 Å². The molecule has 0 radical (unpaired) electrons. The molecule has 0 aliphatic heterocycles. The van der Waals surface area contributed by atoms with Crippen molar-refractivity contribution in [1.82, 2.24) is 0 Å². The third-order valence-corrected chi connectivity index (χ3v) is 3.72. The van der Waals surface area contributed by atoms with Gasteiger partial charge in [-0.05, 0) is 92.0 Å². The number of hydrogen-bond acceptors (Lipinski definition) is 1. The van der Waals surface area contributed by atoms with Crippen LogP contribution in [0.15, 0.2) is 39.4 Å². The highest BCUT2D eigenvalue weighted by atomic mass is 127. The van der Waals surface area contributed by atoms with Gasteiger partial charge in [0.2, 0.25) is 0 Å². The molecule has 0 amide bonds. The quantitative estimate of drug-likeness (QED) is 0.242. The molecule has 0 bridgehead atoms. The second-order valence-corrected chi connectivity index (χ2v) is 9.77. The molecule has 5 heteroatoms. The van der Waals surface area contributed by atoms with Gasteiger partial charge in [-0.3, -0.25) is 0 Å². The van der Waals surface area contributed by atoms with Gasteiger partial charge in [0, 0.05) is 9.92 Å². The molecule has 0 heterocycles. The van der Waals surface area contributed by atoms with E-state index < -0.39 is 0 Å². The van der Waals surface area contributed by atoms with Gasteiger partial charge < -0.3 is 0 Å². The van der Waals surface area contributed by atoms with Crippen LogP contribution < -0.4 is 0 Å². The second kappa shape index (κ2) is 7.01. The fourth-order valence-corrected chi connectivity index (χ4v) is 4.43. The van der Waals surface area contributed by atoms with Crippen LogP contribution in [0, 0.1) is 0 Å². The molecular weight excluding hydrogens is 556 g/mol. The Morgan fingerprint density at radius 2 is 1.71 bits per heavy atom. The van der Waals surface area contributed by atoms with Gasteiger partial charge in [0.25, 0.3) is 0 Å². The van der Waals surface area contributed by atoms with Gasteiger partial charge >= 0.3 is 0 Å². The lowest BCUT2D eigenvalue weighted by atomic mass is 10.4. The van der Waals surface area contributed by atoms with Gasteiger partial charge in [-0.2, -0.15) is 0 Å². The highest BCUT2D eigenvalue weighted by molar-refractivity contribution is 14.2. The number of benzene rings is 1. The van der Waals surface area contributed by atoms with Crippen molar-refractivity contribution >= 4 is 91.1 Å². The maximum atomic E-state index is 5.79. The van der Waals surface area contributed by atoms with Crippen LogP contribution >= 0.6 is 91.1 Å². The molecule has 0 unspecified atom stereocenters. The van der Waals surface area contributed by atoms with E-state index in [0.29, 0.717) is 0 Å². The topological polar surface area (TPSA) is 0 Å². The Hall–Kier alpha value is 1.57. The van der Waals surface area contributed by atoms with Crippen LogP contribution in [0.2, 0.25) is 5.02 Å². The molecule has 0 nitrogen and oxygen atoms in total. The predicted octanol–water partition coefficient (Wildman–Crippen LogP) is 6.02. The summed E-state index contributed by atoms with van der Waals surface area (Å²) in [7, 11) is 0. The highest BCUT2D eigenvalue weighted by Gasteiger charge is 1.96. The highest BCUT2D eigenvalue weighted by Crippen LogP contribution is 2.32. The number of rotatable bonds is 2. The average Bonchev–Trinajstić information content (AvgIpc) is 2.07. The molecule has 0 aliphatic carbocycles. The molecule has 0 spiro atoms. The van der Waals surface area contributed by atoms with E-state index in [9.17, 15) is 0 Å². The van der Waals surface area contributed by atoms with Crippen molar-refractivity contribution in [2.75, 3.05) is 0 Å². The third kappa shape index (κ3) is 5.60. The summed E-state index contributed by atoms with van der Waals surface area (Å²) in [6.07, 6.45) is 0. The van der Waals surface area contributed by atoms with Crippen molar-refractivity contribution in [1.29, 1.82) is 0 Å². The first kappa shape index (κ1) is 13.6. The molecule has 14 heavy (non-hydrogen) atoms. The van der Waals surface area contributed by atoms with Gasteiger partial charge in [0.1, 0.15) is 0 Å². The number of halogens is 4. The van der Waals surface area contributed by atoms with E-state index in [2.05, 4.69) is 73.5 Å². The number of hydrogen-bond donors (Lipinski definition) is 0. The molecule has 74 valence electrons. The minimum atomic E-state index is 0.771. The first-order chi connectivity index (χ1) is 6.58. The Morgan fingerprint density at radius 3 is 2.21 bits per heavy atom. The molecule has 0 saturated heterocycles. The van der Waals surface area contributed by atoms with Gasteiger partial charge in [0.05, 0.1) is 4.50 Å². The standard InChI is InChI=1S/C9H4ClI3S/c10-6-1-3-7(4-2-6)14-9(13)5-8(11)12/h1-4H. The summed E-state index contributed by atoms with van der Waals surface area (Å²) in [5.74, 6) is 0. The summed E-state index contributed by atoms with van der Waals surface area (Å²) in [4.78, 5) is 1.18. The first-order valence-corrected chi connectivity index (χ1v) is 7.92. The van der Waals surface area contributed by atoms with Crippen molar-refractivity contribution in [2.24, 2.45) is 0 Å². The molecule has 1 aromatic rings. The van der Waals surface area contributed by atoms with E-state index in [4.69, 9.17) is 11.6 Å². The molecule has 0 fully saturated rings. The third-order valence-electron chi connectivity index (χ3n) is 1.21. The molecule has 0 saturated carbocycles. The lowest BCUT2D eigenvalue weighted by Gasteiger charge is -1.97. The predicted molar refractivity (Wildman–Crippen MR) is 89.9 cm³/mol. The van der Waals surface area contributed by atoms with Crippen LogP contribution in [0.3, 0.4) is 0 Å². The summed E-state index contributed by atoms with van der Waals surface area (Å²) in [6.45, 7) is 0. The van der Waals surface area contributed by atoms with Crippen molar-refractivity contribution in [3.05, 3.63) is 39.5 Å². The summed E-state index contributed by atoms with van der Waals surface area (Å²) in [6, 6.07) is 7.81. The summed E-state index contributed by atoms with van der Waals surface area (Å²) in [5.41, 5.74) is 3.23. The Balaban J connectivity index is 2.80. The van der Waals surface area contributed by atoms with Crippen LogP contribution in [-0.2, 0) is 0 Å². The Bertz CT molecular complexity index is 376. The van der Waals surface area contributed by atoms with Crippen LogP contribution in [-0.4, -0.2) is 0 Å². The lowest BCUT2D eigenvalue weighted by molar-refractivity contribution is 1.47.